The lowest BCUT2D eigenvalue weighted by atomic mass is 10.2. The first-order chi connectivity index (χ1) is 8.04. The van der Waals surface area contributed by atoms with Gasteiger partial charge in [0.1, 0.15) is 5.69 Å². The molecule has 1 N–H and O–H groups in total. The molecule has 0 bridgehead atoms. The molecule has 0 aliphatic carbocycles. The first-order valence-electron chi connectivity index (χ1n) is 4.18. The van der Waals surface area contributed by atoms with Crippen molar-refractivity contribution < 1.29 is 36.2 Å². The Morgan fingerprint density at radius 1 is 1.22 bits per heavy atom. The summed E-state index contributed by atoms with van der Waals surface area (Å²) in [7, 11) is 0. The number of hydrogen-bond donors (Lipinski definition) is 1. The van der Waals surface area contributed by atoms with E-state index >= 15 is 0 Å². The Hall–Kier alpha value is -0.780. The van der Waals surface area contributed by atoms with Crippen LogP contribution in [0.1, 0.15) is 11.3 Å². The molecule has 0 aliphatic rings. The van der Waals surface area contributed by atoms with Crippen molar-refractivity contribution in [3.05, 3.63) is 20.9 Å². The Balaban J connectivity index is 3.32. The van der Waals surface area contributed by atoms with E-state index in [4.69, 9.17) is 5.11 Å². The second-order valence-corrected chi connectivity index (χ2v) is 4.07. The van der Waals surface area contributed by atoms with E-state index in [2.05, 4.69) is 9.72 Å². The first-order valence-corrected chi connectivity index (χ1v) is 5.25. The molecule has 0 radical (unpaired) electrons. The smallest absolute Gasteiger partial charge is 0.392 e. The third-order valence-corrected chi connectivity index (χ3v) is 2.83. The van der Waals surface area contributed by atoms with Crippen molar-refractivity contribution in [2.24, 2.45) is 0 Å². The SMILES string of the molecule is OCc1cc(C(F)(F)F)nc(OC(F)(F)F)c1I. The Morgan fingerprint density at radius 2 is 1.78 bits per heavy atom. The predicted molar refractivity (Wildman–Crippen MR) is 54.6 cm³/mol. The van der Waals surface area contributed by atoms with Crippen LogP contribution >= 0.6 is 22.6 Å². The number of aromatic nitrogens is 1. The maximum atomic E-state index is 12.4. The largest absolute Gasteiger partial charge is 0.574 e. The van der Waals surface area contributed by atoms with Crippen molar-refractivity contribution in [3.8, 4) is 5.88 Å². The fourth-order valence-corrected chi connectivity index (χ4v) is 1.55. The minimum atomic E-state index is -5.16. The van der Waals surface area contributed by atoms with Crippen molar-refractivity contribution in [3.63, 3.8) is 0 Å². The van der Waals surface area contributed by atoms with E-state index < -0.39 is 30.7 Å². The Bertz CT molecular complexity index is 444. The van der Waals surface area contributed by atoms with Crippen LogP contribution in [0, 0.1) is 3.57 Å². The van der Waals surface area contributed by atoms with Crippen LogP contribution in [0.2, 0.25) is 0 Å². The van der Waals surface area contributed by atoms with Crippen LogP contribution in [-0.4, -0.2) is 16.5 Å². The zero-order chi connectivity index (χ0) is 14.1. The minimum absolute atomic E-state index is 0.333. The van der Waals surface area contributed by atoms with Crippen LogP contribution in [0.25, 0.3) is 0 Å². The van der Waals surface area contributed by atoms with Crippen molar-refractivity contribution in [1.82, 2.24) is 4.98 Å². The number of aliphatic hydroxyl groups excluding tert-OH is 1. The number of aliphatic hydroxyl groups is 1. The maximum absolute atomic E-state index is 12.4. The molecular formula is C8H4F6INO2. The van der Waals surface area contributed by atoms with Crippen LogP contribution in [0.5, 0.6) is 5.88 Å². The fourth-order valence-electron chi connectivity index (χ4n) is 0.994. The predicted octanol–water partition coefficient (Wildman–Crippen LogP) is 3.10. The number of ether oxygens (including phenoxy) is 1. The summed E-state index contributed by atoms with van der Waals surface area (Å²) in [5.74, 6) is -1.23. The van der Waals surface area contributed by atoms with E-state index in [1.165, 1.54) is 22.6 Å². The summed E-state index contributed by atoms with van der Waals surface area (Å²) >= 11 is 1.31. The van der Waals surface area contributed by atoms with E-state index in [1.807, 2.05) is 0 Å². The summed E-state index contributed by atoms with van der Waals surface area (Å²) in [5.41, 5.74) is -1.91. The molecule has 0 fully saturated rings. The normalized spacial score (nSPS) is 12.7. The number of alkyl halides is 6. The van der Waals surface area contributed by atoms with E-state index in [0.29, 0.717) is 6.07 Å². The third kappa shape index (κ3) is 3.86. The van der Waals surface area contributed by atoms with Gasteiger partial charge < -0.3 is 9.84 Å². The molecule has 0 saturated heterocycles. The van der Waals surface area contributed by atoms with Gasteiger partial charge in [-0.25, -0.2) is 4.98 Å². The minimum Gasteiger partial charge on any atom is -0.392 e. The molecule has 1 rings (SSSR count). The van der Waals surface area contributed by atoms with Crippen molar-refractivity contribution in [2.75, 3.05) is 0 Å². The number of hydrogen-bond acceptors (Lipinski definition) is 3. The van der Waals surface area contributed by atoms with Gasteiger partial charge in [0.2, 0.25) is 5.88 Å². The average molecular weight is 387 g/mol. The summed E-state index contributed by atoms with van der Waals surface area (Å²) in [5, 5.41) is 8.79. The van der Waals surface area contributed by atoms with Gasteiger partial charge in [-0.15, -0.1) is 13.2 Å². The zero-order valence-electron chi connectivity index (χ0n) is 8.23. The van der Waals surface area contributed by atoms with Gasteiger partial charge in [-0.2, -0.15) is 13.2 Å². The fraction of sp³-hybridized carbons (Fsp3) is 0.375. The number of rotatable bonds is 2. The number of nitrogens with zero attached hydrogens (tertiary/aromatic N) is 1. The molecule has 0 atom stereocenters. The van der Waals surface area contributed by atoms with Gasteiger partial charge >= 0.3 is 12.5 Å². The van der Waals surface area contributed by atoms with Crippen LogP contribution in [0.3, 0.4) is 0 Å². The van der Waals surface area contributed by atoms with Gasteiger partial charge in [0.05, 0.1) is 10.2 Å². The highest BCUT2D eigenvalue weighted by Crippen LogP contribution is 2.34. The molecule has 0 aliphatic heterocycles. The highest BCUT2D eigenvalue weighted by atomic mass is 127. The number of pyridine rings is 1. The van der Waals surface area contributed by atoms with Crippen LogP contribution in [-0.2, 0) is 12.8 Å². The van der Waals surface area contributed by atoms with Gasteiger partial charge in [-0.1, -0.05) is 0 Å². The molecule has 0 aromatic carbocycles. The van der Waals surface area contributed by atoms with E-state index in [9.17, 15) is 26.3 Å². The van der Waals surface area contributed by atoms with Crippen LogP contribution in [0.4, 0.5) is 26.3 Å². The Labute approximate surface area is 110 Å². The molecule has 0 spiro atoms. The molecule has 0 unspecified atom stereocenters. The lowest BCUT2D eigenvalue weighted by Gasteiger charge is -2.14. The lowest BCUT2D eigenvalue weighted by Crippen LogP contribution is -2.21. The van der Waals surface area contributed by atoms with Gasteiger partial charge in [0.15, 0.2) is 0 Å². The van der Waals surface area contributed by atoms with Crippen molar-refractivity contribution in [2.45, 2.75) is 19.1 Å². The maximum Gasteiger partial charge on any atom is 0.574 e. The summed E-state index contributed by atoms with van der Waals surface area (Å²) < 4.78 is 76.1. The first kappa shape index (κ1) is 15.3. The summed E-state index contributed by atoms with van der Waals surface area (Å²) in [6.07, 6.45) is -10.1. The Morgan fingerprint density at radius 3 is 2.17 bits per heavy atom. The molecule has 1 aromatic rings. The van der Waals surface area contributed by atoms with Gasteiger partial charge in [-0.3, -0.25) is 0 Å². The monoisotopic (exact) mass is 387 g/mol. The summed E-state index contributed by atoms with van der Waals surface area (Å²) in [4.78, 5) is 2.75. The second kappa shape index (κ2) is 5.07. The van der Waals surface area contributed by atoms with Crippen molar-refractivity contribution >= 4 is 22.6 Å². The van der Waals surface area contributed by atoms with Crippen LogP contribution in [0.15, 0.2) is 6.07 Å². The van der Waals surface area contributed by atoms with Crippen molar-refractivity contribution in [1.29, 1.82) is 0 Å². The van der Waals surface area contributed by atoms with Gasteiger partial charge in [0.25, 0.3) is 0 Å². The molecule has 102 valence electrons. The standard InChI is InChI=1S/C8H4F6INO2/c9-7(10,11)4-1-3(2-17)5(15)6(16-4)18-8(12,13)14/h1,17H,2H2. The molecule has 0 saturated carbocycles. The molecule has 3 nitrogen and oxygen atoms in total. The van der Waals surface area contributed by atoms with Crippen LogP contribution < -0.4 is 4.74 Å². The lowest BCUT2D eigenvalue weighted by molar-refractivity contribution is -0.276. The van der Waals surface area contributed by atoms with Gasteiger partial charge in [0, 0.05) is 0 Å². The molecule has 1 aromatic heterocycles. The highest BCUT2D eigenvalue weighted by molar-refractivity contribution is 14.1. The van der Waals surface area contributed by atoms with E-state index in [-0.39, 0.29) is 9.13 Å². The molecule has 10 heteroatoms. The highest BCUT2D eigenvalue weighted by Gasteiger charge is 2.37. The summed E-state index contributed by atoms with van der Waals surface area (Å²) in [6, 6.07) is 0.463. The third-order valence-electron chi connectivity index (χ3n) is 1.68. The average Bonchev–Trinajstić information content (AvgIpc) is 2.17. The van der Waals surface area contributed by atoms with E-state index in [1.54, 1.807) is 0 Å². The molecule has 0 amide bonds. The second-order valence-electron chi connectivity index (χ2n) is 2.99. The molecule has 1 heterocycles. The van der Waals surface area contributed by atoms with E-state index in [0.717, 1.165) is 0 Å². The molecular weight excluding hydrogens is 383 g/mol. The number of halogens is 7. The van der Waals surface area contributed by atoms with Gasteiger partial charge in [-0.05, 0) is 34.2 Å². The summed E-state index contributed by atoms with van der Waals surface area (Å²) in [6.45, 7) is -0.863. The Kier molecular flexibility index (Phi) is 4.30. The topological polar surface area (TPSA) is 42.4 Å². The molecule has 18 heavy (non-hydrogen) atoms. The quantitative estimate of drug-likeness (QED) is 0.627. The zero-order valence-corrected chi connectivity index (χ0v) is 10.4.